The maximum atomic E-state index is 5.36. The van der Waals surface area contributed by atoms with Gasteiger partial charge in [0.05, 0.1) is 16.7 Å². The van der Waals surface area contributed by atoms with Crippen LogP contribution in [0.2, 0.25) is 0 Å². The summed E-state index contributed by atoms with van der Waals surface area (Å²) in [5.74, 6) is 0.241. The smallest absolute Gasteiger partial charge is 0.0972 e. The summed E-state index contributed by atoms with van der Waals surface area (Å²) < 4.78 is 3.95. The molecule has 188 valence electrons. The molecule has 1 unspecified atom stereocenters. The first kappa shape index (κ1) is 22.4. The lowest BCUT2D eigenvalue weighted by molar-refractivity contribution is 0.802. The average Bonchev–Trinajstić information content (AvgIpc) is 3.59. The zero-order valence-electron chi connectivity index (χ0n) is 21.5. The van der Waals surface area contributed by atoms with Crippen LogP contribution in [0.15, 0.2) is 109 Å². The van der Waals surface area contributed by atoms with Crippen LogP contribution in [0.1, 0.15) is 28.5 Å². The topological polar surface area (TPSA) is 25.8 Å². The number of nitrogens with zero attached hydrogens (tertiary/aromatic N) is 2. The fraction of sp³-hybridized carbons (Fsp3) is 0.0556. The number of thiophene rings is 2. The lowest BCUT2D eigenvalue weighted by atomic mass is 9.86. The summed E-state index contributed by atoms with van der Waals surface area (Å²) in [6, 6.07) is 37.2. The quantitative estimate of drug-likeness (QED) is 0.202. The van der Waals surface area contributed by atoms with Crippen molar-refractivity contribution in [3.63, 3.8) is 0 Å². The van der Waals surface area contributed by atoms with Gasteiger partial charge < -0.3 is 0 Å². The van der Waals surface area contributed by atoms with E-state index in [1.165, 1.54) is 46.3 Å². The highest BCUT2D eigenvalue weighted by atomic mass is 32.1. The molecule has 0 bridgehead atoms. The molecule has 0 N–H and O–H groups in total. The van der Waals surface area contributed by atoms with Crippen LogP contribution in [0, 0.1) is 0 Å². The predicted octanol–water partition coefficient (Wildman–Crippen LogP) is 10.6. The van der Waals surface area contributed by atoms with Crippen molar-refractivity contribution in [2.24, 2.45) is 0 Å². The Kier molecular flexibility index (Phi) is 4.80. The molecular formula is C36H22N2S2. The SMILES string of the molecule is C1=Cc2sc3ccccc3c2C(c2ccc3ccc4ccc(-c5cccc6sc7ccccc7c56)nc4c3n2)C1. The minimum Gasteiger partial charge on any atom is -0.250 e. The molecule has 9 rings (SSSR count). The number of hydrogen-bond donors (Lipinski definition) is 0. The molecule has 4 heteroatoms. The molecular weight excluding hydrogens is 525 g/mol. The highest BCUT2D eigenvalue weighted by Crippen LogP contribution is 2.44. The van der Waals surface area contributed by atoms with E-state index in [4.69, 9.17) is 9.97 Å². The standard InChI is InChI=1S/C36H22N2S2/c1-3-11-29-25(7-1)33-23(9-5-13-31(33)39-29)27-19-17-21-15-16-22-18-20-28(38-36(22)35(21)37-27)24-10-6-14-32-34(24)26-8-2-4-12-30(26)40-32/h1-9,11-20,24H,10H2. The zero-order valence-corrected chi connectivity index (χ0v) is 23.1. The van der Waals surface area contributed by atoms with Gasteiger partial charge in [0, 0.05) is 57.7 Å². The number of aromatic nitrogens is 2. The van der Waals surface area contributed by atoms with E-state index in [0.717, 1.165) is 39.6 Å². The molecule has 1 aliphatic carbocycles. The van der Waals surface area contributed by atoms with E-state index in [1.807, 2.05) is 22.7 Å². The Morgan fingerprint density at radius 3 is 2.17 bits per heavy atom. The van der Waals surface area contributed by atoms with Crippen LogP contribution < -0.4 is 0 Å². The van der Waals surface area contributed by atoms with Crippen LogP contribution in [-0.2, 0) is 0 Å². The molecule has 4 heterocycles. The highest BCUT2D eigenvalue weighted by molar-refractivity contribution is 7.26. The van der Waals surface area contributed by atoms with Crippen LogP contribution in [0.4, 0.5) is 0 Å². The third kappa shape index (κ3) is 3.27. The number of benzene rings is 4. The van der Waals surface area contributed by atoms with Gasteiger partial charge in [0.15, 0.2) is 0 Å². The van der Waals surface area contributed by atoms with E-state index < -0.39 is 0 Å². The van der Waals surface area contributed by atoms with E-state index in [0.29, 0.717) is 0 Å². The Morgan fingerprint density at radius 1 is 0.600 bits per heavy atom. The van der Waals surface area contributed by atoms with E-state index in [-0.39, 0.29) is 5.92 Å². The van der Waals surface area contributed by atoms with Gasteiger partial charge in [-0.2, -0.15) is 0 Å². The maximum Gasteiger partial charge on any atom is 0.0972 e. The molecule has 8 aromatic rings. The Hall–Kier alpha value is -4.38. The van der Waals surface area contributed by atoms with Gasteiger partial charge in [-0.25, -0.2) is 9.97 Å². The van der Waals surface area contributed by atoms with Crippen molar-refractivity contribution in [1.82, 2.24) is 9.97 Å². The molecule has 0 spiro atoms. The van der Waals surface area contributed by atoms with Gasteiger partial charge in [0.2, 0.25) is 0 Å². The summed E-state index contributed by atoms with van der Waals surface area (Å²) in [5, 5.41) is 6.18. The minimum absolute atomic E-state index is 0.241. The fourth-order valence-electron chi connectivity index (χ4n) is 6.38. The van der Waals surface area contributed by atoms with Gasteiger partial charge in [0.25, 0.3) is 0 Å². The number of rotatable bonds is 2. The molecule has 40 heavy (non-hydrogen) atoms. The van der Waals surface area contributed by atoms with Crippen molar-refractivity contribution in [2.45, 2.75) is 12.3 Å². The van der Waals surface area contributed by atoms with E-state index in [1.54, 1.807) is 0 Å². The van der Waals surface area contributed by atoms with Crippen LogP contribution >= 0.6 is 22.7 Å². The largest absolute Gasteiger partial charge is 0.250 e. The van der Waals surface area contributed by atoms with Gasteiger partial charge in [-0.3, -0.25) is 0 Å². The summed E-state index contributed by atoms with van der Waals surface area (Å²) in [6.07, 6.45) is 5.55. The van der Waals surface area contributed by atoms with Crippen LogP contribution in [0.25, 0.3) is 69.4 Å². The van der Waals surface area contributed by atoms with Gasteiger partial charge in [-0.1, -0.05) is 78.9 Å². The van der Waals surface area contributed by atoms with Gasteiger partial charge in [-0.15, -0.1) is 22.7 Å². The summed E-state index contributed by atoms with van der Waals surface area (Å²) in [7, 11) is 0. The Balaban J connectivity index is 1.26. The van der Waals surface area contributed by atoms with Crippen molar-refractivity contribution in [3.05, 3.63) is 125 Å². The number of fused-ring (bicyclic) bond motifs is 9. The second kappa shape index (κ2) is 8.56. The molecule has 0 amide bonds. The molecule has 0 saturated carbocycles. The first-order chi connectivity index (χ1) is 19.8. The molecule has 0 radical (unpaired) electrons. The van der Waals surface area contributed by atoms with E-state index in [2.05, 4.69) is 115 Å². The Bertz CT molecular complexity index is 2320. The Morgan fingerprint density at radius 2 is 1.30 bits per heavy atom. The van der Waals surface area contributed by atoms with Crippen molar-refractivity contribution in [2.75, 3.05) is 0 Å². The first-order valence-corrected chi connectivity index (χ1v) is 15.2. The van der Waals surface area contributed by atoms with Crippen molar-refractivity contribution in [1.29, 1.82) is 0 Å². The number of hydrogen-bond acceptors (Lipinski definition) is 4. The lowest BCUT2D eigenvalue weighted by Crippen LogP contribution is -2.06. The third-order valence-electron chi connectivity index (χ3n) is 8.23. The van der Waals surface area contributed by atoms with Crippen molar-refractivity contribution < 1.29 is 0 Å². The summed E-state index contributed by atoms with van der Waals surface area (Å²) >= 11 is 3.73. The van der Waals surface area contributed by atoms with Crippen molar-refractivity contribution in [3.8, 4) is 11.3 Å². The first-order valence-electron chi connectivity index (χ1n) is 13.6. The van der Waals surface area contributed by atoms with Crippen molar-refractivity contribution >= 4 is 80.8 Å². The molecule has 0 aliphatic heterocycles. The van der Waals surface area contributed by atoms with Gasteiger partial charge in [0.1, 0.15) is 0 Å². The van der Waals surface area contributed by atoms with Crippen LogP contribution in [-0.4, -0.2) is 9.97 Å². The third-order valence-corrected chi connectivity index (χ3v) is 10.5. The molecule has 4 aromatic heterocycles. The highest BCUT2D eigenvalue weighted by Gasteiger charge is 2.25. The number of pyridine rings is 2. The number of allylic oxidation sites excluding steroid dienone is 1. The maximum absolute atomic E-state index is 5.36. The monoisotopic (exact) mass is 546 g/mol. The Labute approximate surface area is 238 Å². The van der Waals surface area contributed by atoms with Gasteiger partial charge in [-0.05, 0) is 53.8 Å². The van der Waals surface area contributed by atoms with Gasteiger partial charge >= 0.3 is 0 Å². The van der Waals surface area contributed by atoms with E-state index in [9.17, 15) is 0 Å². The molecule has 2 nitrogen and oxygen atoms in total. The molecule has 1 aliphatic rings. The van der Waals surface area contributed by atoms with E-state index >= 15 is 0 Å². The zero-order chi connectivity index (χ0) is 26.2. The lowest BCUT2D eigenvalue weighted by Gasteiger charge is -2.20. The molecule has 4 aromatic carbocycles. The predicted molar refractivity (Wildman–Crippen MR) is 173 cm³/mol. The molecule has 0 saturated heterocycles. The van der Waals surface area contributed by atoms with Crippen LogP contribution in [0.3, 0.4) is 0 Å². The summed E-state index contributed by atoms with van der Waals surface area (Å²) in [4.78, 5) is 12.0. The molecule has 0 fully saturated rings. The second-order valence-corrected chi connectivity index (χ2v) is 12.7. The average molecular weight is 547 g/mol. The second-order valence-electron chi connectivity index (χ2n) is 10.5. The summed E-state index contributed by atoms with van der Waals surface area (Å²) in [5.41, 5.74) is 6.65. The normalized spacial score (nSPS) is 15.1. The molecule has 1 atom stereocenters. The fourth-order valence-corrected chi connectivity index (χ4v) is 8.71. The summed E-state index contributed by atoms with van der Waals surface area (Å²) in [6.45, 7) is 0. The van der Waals surface area contributed by atoms with Crippen LogP contribution in [0.5, 0.6) is 0 Å². The minimum atomic E-state index is 0.241.